The SMILES string of the molecule is O=S(=O)(c1ccccc1)N1[C@@H]2CC[C@H]1[C@@H]1CCC[C@@H]12. The summed E-state index contributed by atoms with van der Waals surface area (Å²) in [6, 6.07) is 9.50. The van der Waals surface area contributed by atoms with E-state index in [1.807, 2.05) is 22.5 Å². The molecule has 0 unspecified atom stereocenters. The van der Waals surface area contributed by atoms with E-state index in [0.717, 1.165) is 12.8 Å². The van der Waals surface area contributed by atoms with Crippen LogP contribution in [0.5, 0.6) is 0 Å². The molecule has 0 spiro atoms. The van der Waals surface area contributed by atoms with Crippen LogP contribution in [0.4, 0.5) is 0 Å². The van der Waals surface area contributed by atoms with Gasteiger partial charge in [0.1, 0.15) is 0 Å². The number of hydrogen-bond donors (Lipinski definition) is 0. The first-order valence-corrected chi connectivity index (χ1v) is 8.72. The highest BCUT2D eigenvalue weighted by Crippen LogP contribution is 2.54. The summed E-state index contributed by atoms with van der Waals surface area (Å²) in [6.45, 7) is 0. The molecule has 0 radical (unpaired) electrons. The van der Waals surface area contributed by atoms with Gasteiger partial charge in [-0.25, -0.2) is 8.42 Å². The lowest BCUT2D eigenvalue weighted by molar-refractivity contribution is 0.330. The smallest absolute Gasteiger partial charge is 0.207 e. The van der Waals surface area contributed by atoms with E-state index >= 15 is 0 Å². The highest BCUT2D eigenvalue weighted by Gasteiger charge is 2.58. The fourth-order valence-corrected chi connectivity index (χ4v) is 6.67. The molecule has 19 heavy (non-hydrogen) atoms. The van der Waals surface area contributed by atoms with Crippen molar-refractivity contribution in [3.05, 3.63) is 30.3 Å². The molecule has 3 nitrogen and oxygen atoms in total. The molecule has 1 saturated carbocycles. The monoisotopic (exact) mass is 277 g/mol. The summed E-state index contributed by atoms with van der Waals surface area (Å²) in [6.07, 6.45) is 5.89. The van der Waals surface area contributed by atoms with Crippen molar-refractivity contribution in [2.24, 2.45) is 11.8 Å². The van der Waals surface area contributed by atoms with Crippen LogP contribution in [0.1, 0.15) is 32.1 Å². The molecular weight excluding hydrogens is 258 g/mol. The average Bonchev–Trinajstić information content (AvgIpc) is 3.11. The quantitative estimate of drug-likeness (QED) is 0.833. The molecule has 4 heteroatoms. The van der Waals surface area contributed by atoms with E-state index in [9.17, 15) is 8.42 Å². The Kier molecular flexibility index (Phi) is 2.55. The molecule has 1 aliphatic carbocycles. The first-order chi connectivity index (χ1) is 9.19. The predicted octanol–water partition coefficient (Wildman–Crippen LogP) is 2.64. The third-order valence-corrected chi connectivity index (χ3v) is 7.31. The van der Waals surface area contributed by atoms with Gasteiger partial charge >= 0.3 is 0 Å². The van der Waals surface area contributed by atoms with Gasteiger partial charge in [0.25, 0.3) is 0 Å². The number of rotatable bonds is 2. The van der Waals surface area contributed by atoms with E-state index in [2.05, 4.69) is 0 Å². The molecule has 3 aliphatic rings. The van der Waals surface area contributed by atoms with Gasteiger partial charge in [0.15, 0.2) is 0 Å². The highest BCUT2D eigenvalue weighted by molar-refractivity contribution is 7.89. The van der Waals surface area contributed by atoms with E-state index in [4.69, 9.17) is 0 Å². The maximum Gasteiger partial charge on any atom is 0.243 e. The van der Waals surface area contributed by atoms with Crippen LogP contribution in [-0.2, 0) is 10.0 Å². The first kappa shape index (κ1) is 11.9. The number of hydrogen-bond acceptors (Lipinski definition) is 2. The molecule has 4 rings (SSSR count). The van der Waals surface area contributed by atoms with Crippen LogP contribution in [0, 0.1) is 11.8 Å². The van der Waals surface area contributed by atoms with Gasteiger partial charge in [-0.05, 0) is 49.7 Å². The lowest BCUT2D eigenvalue weighted by Gasteiger charge is -2.23. The maximum absolute atomic E-state index is 12.9. The van der Waals surface area contributed by atoms with Crippen molar-refractivity contribution in [1.82, 2.24) is 4.31 Å². The van der Waals surface area contributed by atoms with Gasteiger partial charge in [-0.1, -0.05) is 24.6 Å². The van der Waals surface area contributed by atoms with Gasteiger partial charge in [0.05, 0.1) is 4.90 Å². The number of fused-ring (bicyclic) bond motifs is 5. The van der Waals surface area contributed by atoms with Gasteiger partial charge < -0.3 is 0 Å². The number of nitrogens with zero attached hydrogens (tertiary/aromatic N) is 1. The molecular formula is C15H19NO2S. The van der Waals surface area contributed by atoms with Crippen LogP contribution >= 0.6 is 0 Å². The highest BCUT2D eigenvalue weighted by atomic mass is 32.2. The maximum atomic E-state index is 12.9. The van der Waals surface area contributed by atoms with Crippen molar-refractivity contribution >= 4 is 10.0 Å². The van der Waals surface area contributed by atoms with Crippen molar-refractivity contribution in [2.45, 2.75) is 49.1 Å². The molecule has 0 N–H and O–H groups in total. The van der Waals surface area contributed by atoms with Crippen LogP contribution in [0.3, 0.4) is 0 Å². The lowest BCUT2D eigenvalue weighted by atomic mass is 9.82. The van der Waals surface area contributed by atoms with Crippen molar-refractivity contribution in [1.29, 1.82) is 0 Å². The van der Waals surface area contributed by atoms with Crippen molar-refractivity contribution in [3.8, 4) is 0 Å². The second-order valence-corrected chi connectivity index (χ2v) is 7.96. The summed E-state index contributed by atoms with van der Waals surface area (Å²) >= 11 is 0. The van der Waals surface area contributed by atoms with Crippen molar-refractivity contribution < 1.29 is 8.42 Å². The minimum absolute atomic E-state index is 0.280. The summed E-state index contributed by atoms with van der Waals surface area (Å²) in [4.78, 5) is 0.465. The fraction of sp³-hybridized carbons (Fsp3) is 0.600. The van der Waals surface area contributed by atoms with Crippen LogP contribution in [-0.4, -0.2) is 24.8 Å². The van der Waals surface area contributed by atoms with E-state index in [0.29, 0.717) is 16.7 Å². The Labute approximate surface area is 114 Å². The Morgan fingerprint density at radius 2 is 1.47 bits per heavy atom. The van der Waals surface area contributed by atoms with E-state index < -0.39 is 10.0 Å². The molecule has 102 valence electrons. The summed E-state index contributed by atoms with van der Waals surface area (Å²) in [5.41, 5.74) is 0. The van der Waals surface area contributed by atoms with Gasteiger partial charge in [0, 0.05) is 12.1 Å². The molecule has 0 amide bonds. The summed E-state index contributed by atoms with van der Waals surface area (Å²) in [7, 11) is -3.28. The van der Waals surface area contributed by atoms with Gasteiger partial charge in [0.2, 0.25) is 10.0 Å². The molecule has 2 bridgehead atoms. The van der Waals surface area contributed by atoms with Gasteiger partial charge in [-0.15, -0.1) is 0 Å². The Bertz CT molecular complexity index is 565. The third kappa shape index (κ3) is 1.56. The predicted molar refractivity (Wildman–Crippen MR) is 73.1 cm³/mol. The summed E-state index contributed by atoms with van der Waals surface area (Å²) < 4.78 is 27.6. The fourth-order valence-electron chi connectivity index (χ4n) is 4.69. The molecule has 0 aromatic heterocycles. The zero-order valence-electron chi connectivity index (χ0n) is 10.9. The van der Waals surface area contributed by atoms with Crippen LogP contribution in [0.2, 0.25) is 0 Å². The van der Waals surface area contributed by atoms with Crippen LogP contribution in [0.25, 0.3) is 0 Å². The molecule has 3 fully saturated rings. The van der Waals surface area contributed by atoms with Gasteiger partial charge in [-0.2, -0.15) is 4.31 Å². The van der Waals surface area contributed by atoms with Crippen molar-refractivity contribution in [2.75, 3.05) is 0 Å². The lowest BCUT2D eigenvalue weighted by Crippen LogP contribution is -2.37. The molecule has 2 aliphatic heterocycles. The van der Waals surface area contributed by atoms with E-state index in [-0.39, 0.29) is 12.1 Å². The largest absolute Gasteiger partial charge is 0.243 e. The van der Waals surface area contributed by atoms with Crippen molar-refractivity contribution in [3.63, 3.8) is 0 Å². The van der Waals surface area contributed by atoms with Gasteiger partial charge in [-0.3, -0.25) is 0 Å². The second kappa shape index (κ2) is 4.06. The average molecular weight is 277 g/mol. The topological polar surface area (TPSA) is 37.4 Å². The third-order valence-electron chi connectivity index (χ3n) is 5.34. The zero-order valence-corrected chi connectivity index (χ0v) is 11.7. The Hall–Kier alpha value is -0.870. The second-order valence-electron chi connectivity index (χ2n) is 6.12. The molecule has 1 aromatic rings. The molecule has 1 aromatic carbocycles. The minimum atomic E-state index is -3.28. The zero-order chi connectivity index (χ0) is 13.0. The normalized spacial score (nSPS) is 37.7. The number of sulfonamides is 1. The summed E-state index contributed by atoms with van der Waals surface area (Å²) in [5.74, 6) is 1.27. The Morgan fingerprint density at radius 1 is 0.895 bits per heavy atom. The molecule has 2 saturated heterocycles. The van der Waals surface area contributed by atoms with Crippen LogP contribution in [0.15, 0.2) is 35.2 Å². The first-order valence-electron chi connectivity index (χ1n) is 7.28. The van der Waals surface area contributed by atoms with E-state index in [1.54, 1.807) is 12.1 Å². The Morgan fingerprint density at radius 3 is 2.05 bits per heavy atom. The molecule has 2 heterocycles. The van der Waals surface area contributed by atoms with E-state index in [1.165, 1.54) is 19.3 Å². The van der Waals surface area contributed by atoms with Crippen LogP contribution < -0.4 is 0 Å². The number of benzene rings is 1. The standard InChI is InChI=1S/C15H19NO2S/c17-19(18,11-5-2-1-3-6-11)16-14-9-10-15(16)13-8-4-7-12(13)14/h1-3,5-6,12-15H,4,7-10H2/t12-,13+,14+,15-. The molecule has 4 atom stereocenters. The summed E-state index contributed by atoms with van der Waals surface area (Å²) in [5, 5.41) is 0. The minimum Gasteiger partial charge on any atom is -0.207 e. The Balaban J connectivity index is 1.74.